The summed E-state index contributed by atoms with van der Waals surface area (Å²) in [6.45, 7) is 13.2. The summed E-state index contributed by atoms with van der Waals surface area (Å²) in [5, 5.41) is 13.4. The SMILES string of the molecule is CC[C@H]1O[C@@H](N2C=CCNC2=O)C(O[Si](C)(C)C(C)(C)C)[C@H]1O. The fourth-order valence-corrected chi connectivity index (χ4v) is 3.89. The molecule has 7 heteroatoms. The molecule has 0 aliphatic carbocycles. The number of aliphatic hydroxyl groups is 1. The topological polar surface area (TPSA) is 71.0 Å². The van der Waals surface area contributed by atoms with Gasteiger partial charge in [0.05, 0.1) is 6.10 Å². The molecule has 2 aliphatic rings. The van der Waals surface area contributed by atoms with Crippen molar-refractivity contribution in [1.82, 2.24) is 10.2 Å². The van der Waals surface area contributed by atoms with Crippen LogP contribution in [-0.2, 0) is 9.16 Å². The lowest BCUT2D eigenvalue weighted by atomic mass is 10.1. The summed E-state index contributed by atoms with van der Waals surface area (Å²) in [6.07, 6.45) is 2.07. The van der Waals surface area contributed by atoms with Gasteiger partial charge in [-0.15, -0.1) is 0 Å². The Balaban J connectivity index is 2.27. The van der Waals surface area contributed by atoms with E-state index in [9.17, 15) is 9.90 Å². The predicted molar refractivity (Wildman–Crippen MR) is 91.4 cm³/mol. The summed E-state index contributed by atoms with van der Waals surface area (Å²) in [5.41, 5.74) is 0. The van der Waals surface area contributed by atoms with Crippen molar-refractivity contribution in [1.29, 1.82) is 0 Å². The van der Waals surface area contributed by atoms with E-state index in [2.05, 4.69) is 39.2 Å². The van der Waals surface area contributed by atoms with Gasteiger partial charge >= 0.3 is 6.03 Å². The van der Waals surface area contributed by atoms with Crippen LogP contribution in [0.25, 0.3) is 0 Å². The van der Waals surface area contributed by atoms with Gasteiger partial charge in [-0.2, -0.15) is 0 Å². The molecule has 2 aliphatic heterocycles. The summed E-state index contributed by atoms with van der Waals surface area (Å²) in [6, 6.07) is -0.217. The zero-order valence-corrected chi connectivity index (χ0v) is 16.0. The second kappa shape index (κ2) is 6.55. The molecule has 0 saturated carbocycles. The first-order valence-corrected chi connectivity index (χ1v) is 11.2. The lowest BCUT2D eigenvalue weighted by Gasteiger charge is -2.41. The summed E-state index contributed by atoms with van der Waals surface area (Å²) >= 11 is 0. The van der Waals surface area contributed by atoms with Gasteiger partial charge in [-0.1, -0.05) is 27.7 Å². The van der Waals surface area contributed by atoms with Crippen molar-refractivity contribution in [3.63, 3.8) is 0 Å². The lowest BCUT2D eigenvalue weighted by molar-refractivity contribution is -0.0510. The maximum atomic E-state index is 12.1. The summed E-state index contributed by atoms with van der Waals surface area (Å²) in [4.78, 5) is 13.6. The van der Waals surface area contributed by atoms with Gasteiger partial charge in [-0.05, 0) is 30.6 Å². The van der Waals surface area contributed by atoms with Crippen LogP contribution in [0.5, 0.6) is 0 Å². The zero-order chi connectivity index (χ0) is 17.4. The van der Waals surface area contributed by atoms with Crippen molar-refractivity contribution in [3.05, 3.63) is 12.3 Å². The van der Waals surface area contributed by atoms with Crippen LogP contribution in [0.1, 0.15) is 34.1 Å². The van der Waals surface area contributed by atoms with E-state index in [4.69, 9.17) is 9.16 Å². The van der Waals surface area contributed by atoms with Gasteiger partial charge in [0.25, 0.3) is 0 Å². The average molecular weight is 343 g/mol. The van der Waals surface area contributed by atoms with Gasteiger partial charge in [-0.3, -0.25) is 4.90 Å². The molecule has 0 aromatic carbocycles. The number of carbonyl (C=O) groups excluding carboxylic acids is 1. The molecule has 1 saturated heterocycles. The Kier molecular flexibility index (Phi) is 5.25. The highest BCUT2D eigenvalue weighted by Crippen LogP contribution is 2.40. The third kappa shape index (κ3) is 3.62. The first-order chi connectivity index (χ1) is 10.6. The Morgan fingerprint density at radius 2 is 2.13 bits per heavy atom. The van der Waals surface area contributed by atoms with Gasteiger partial charge in [0.15, 0.2) is 14.5 Å². The fourth-order valence-electron chi connectivity index (χ4n) is 2.60. The molecule has 2 amide bonds. The van der Waals surface area contributed by atoms with Crippen LogP contribution < -0.4 is 5.32 Å². The molecule has 0 spiro atoms. The van der Waals surface area contributed by atoms with Gasteiger partial charge < -0.3 is 19.6 Å². The molecule has 4 atom stereocenters. The van der Waals surface area contributed by atoms with Crippen LogP contribution in [-0.4, -0.2) is 55.4 Å². The minimum atomic E-state index is -2.10. The number of carbonyl (C=O) groups is 1. The second-order valence-corrected chi connectivity index (χ2v) is 12.5. The summed E-state index contributed by atoms with van der Waals surface area (Å²) in [5.74, 6) is 0. The van der Waals surface area contributed by atoms with Crippen molar-refractivity contribution in [2.75, 3.05) is 6.54 Å². The van der Waals surface area contributed by atoms with Crippen molar-refractivity contribution < 1.29 is 19.1 Å². The van der Waals surface area contributed by atoms with Crippen LogP contribution in [0, 0.1) is 0 Å². The molecule has 2 N–H and O–H groups in total. The number of urea groups is 1. The molecule has 0 aromatic rings. The maximum absolute atomic E-state index is 12.1. The minimum absolute atomic E-state index is 0.0154. The smallest absolute Gasteiger partial charge is 0.323 e. The van der Waals surface area contributed by atoms with E-state index in [-0.39, 0.29) is 17.2 Å². The highest BCUT2D eigenvalue weighted by molar-refractivity contribution is 6.74. The van der Waals surface area contributed by atoms with Crippen LogP contribution in [0.4, 0.5) is 4.79 Å². The number of aliphatic hydroxyl groups excluding tert-OH is 1. The van der Waals surface area contributed by atoms with Crippen molar-refractivity contribution in [3.8, 4) is 0 Å². The lowest BCUT2D eigenvalue weighted by Crippen LogP contribution is -2.55. The zero-order valence-electron chi connectivity index (χ0n) is 15.0. The maximum Gasteiger partial charge on any atom is 0.323 e. The monoisotopic (exact) mass is 342 g/mol. The molecular weight excluding hydrogens is 312 g/mol. The molecule has 132 valence electrons. The van der Waals surface area contributed by atoms with E-state index in [1.165, 1.54) is 4.90 Å². The number of nitrogens with zero attached hydrogens (tertiary/aromatic N) is 1. The van der Waals surface area contributed by atoms with Crippen molar-refractivity contribution in [2.45, 2.75) is 76.8 Å². The molecular formula is C16H30N2O4Si. The molecule has 2 heterocycles. The van der Waals surface area contributed by atoms with E-state index in [0.29, 0.717) is 13.0 Å². The second-order valence-electron chi connectivity index (χ2n) is 7.78. The van der Waals surface area contributed by atoms with Crippen molar-refractivity contribution in [2.24, 2.45) is 0 Å². The third-order valence-corrected chi connectivity index (χ3v) is 9.57. The van der Waals surface area contributed by atoms with Crippen molar-refractivity contribution >= 4 is 14.3 Å². The third-order valence-electron chi connectivity index (χ3n) is 5.10. The van der Waals surface area contributed by atoms with Gasteiger partial charge in [0, 0.05) is 12.7 Å². The molecule has 1 unspecified atom stereocenters. The van der Waals surface area contributed by atoms with E-state index >= 15 is 0 Å². The van der Waals surface area contributed by atoms with Gasteiger partial charge in [-0.25, -0.2) is 4.79 Å². The minimum Gasteiger partial charge on any atom is -0.407 e. The highest BCUT2D eigenvalue weighted by atomic mass is 28.4. The Morgan fingerprint density at radius 3 is 2.65 bits per heavy atom. The predicted octanol–water partition coefficient (Wildman–Crippen LogP) is 2.41. The molecule has 6 nitrogen and oxygen atoms in total. The molecule has 0 radical (unpaired) electrons. The molecule has 23 heavy (non-hydrogen) atoms. The number of ether oxygens (including phenoxy) is 1. The van der Waals surface area contributed by atoms with Crippen LogP contribution in [0.15, 0.2) is 12.3 Å². The largest absolute Gasteiger partial charge is 0.407 e. The van der Waals surface area contributed by atoms with Crippen LogP contribution in [0.2, 0.25) is 18.1 Å². The number of amides is 2. The molecule has 2 rings (SSSR count). The normalized spacial score (nSPS) is 32.3. The van der Waals surface area contributed by atoms with Crippen LogP contribution >= 0.6 is 0 Å². The standard InChI is InChI=1S/C16H30N2O4Si/c1-7-11-12(19)13(22-23(5,6)16(2,3)4)14(21-11)18-10-8-9-17-15(18)20/h8,10-14,19H,7,9H2,1-6H3,(H,17,20)/t11-,12+,13?,14-/m1/s1. The Labute approximate surface area is 140 Å². The van der Waals surface area contributed by atoms with E-state index in [1.54, 1.807) is 6.20 Å². The molecule has 1 fully saturated rings. The quantitative estimate of drug-likeness (QED) is 0.770. The number of hydrogen-bond acceptors (Lipinski definition) is 4. The fraction of sp³-hybridized carbons (Fsp3) is 0.812. The van der Waals surface area contributed by atoms with Crippen LogP contribution in [0.3, 0.4) is 0 Å². The summed E-state index contributed by atoms with van der Waals surface area (Å²) in [7, 11) is -2.10. The van der Waals surface area contributed by atoms with E-state index in [1.807, 2.05) is 13.0 Å². The summed E-state index contributed by atoms with van der Waals surface area (Å²) < 4.78 is 12.4. The molecule has 0 aromatic heterocycles. The Hall–Kier alpha value is -0.893. The van der Waals surface area contributed by atoms with Gasteiger partial charge in [0.1, 0.15) is 12.2 Å². The van der Waals surface area contributed by atoms with E-state index < -0.39 is 26.8 Å². The van der Waals surface area contributed by atoms with Gasteiger partial charge in [0.2, 0.25) is 0 Å². The number of nitrogens with one attached hydrogen (secondary N) is 1. The first-order valence-electron chi connectivity index (χ1n) is 8.32. The molecule has 0 bridgehead atoms. The average Bonchev–Trinajstić information content (AvgIpc) is 2.75. The number of hydrogen-bond donors (Lipinski definition) is 2. The number of rotatable bonds is 4. The first kappa shape index (κ1) is 18.4. The Bertz CT molecular complexity index is 475. The van der Waals surface area contributed by atoms with E-state index in [0.717, 1.165) is 0 Å². The highest BCUT2D eigenvalue weighted by Gasteiger charge is 2.51. The Morgan fingerprint density at radius 1 is 1.48 bits per heavy atom.